The molecule has 42 heavy (non-hydrogen) atoms. The van der Waals surface area contributed by atoms with E-state index in [9.17, 15) is 14.7 Å². The van der Waals surface area contributed by atoms with Gasteiger partial charge in [0.2, 0.25) is 11.8 Å². The number of rotatable bonds is 8. The lowest BCUT2D eigenvalue weighted by atomic mass is 9.63. The number of anilines is 1. The second kappa shape index (κ2) is 11.9. The molecule has 2 saturated carbocycles. The Morgan fingerprint density at radius 1 is 1.05 bits per heavy atom. The summed E-state index contributed by atoms with van der Waals surface area (Å²) in [6.07, 6.45) is 5.03. The Hall–Kier alpha value is -3.69. The number of benzene rings is 2. The van der Waals surface area contributed by atoms with E-state index in [4.69, 9.17) is 5.73 Å². The number of aromatic nitrogens is 2. The van der Waals surface area contributed by atoms with Crippen LogP contribution in [0.5, 0.6) is 0 Å². The van der Waals surface area contributed by atoms with Crippen molar-refractivity contribution in [1.82, 2.24) is 15.1 Å². The standard InChI is InChI=1S/C33H40FN5O3/c1-4-30(41)39(3)24-13-10-21(11-14-24)16-29(40)36-28-18-25(22-8-6-5-7-9-22)31(38-37-28)23-12-15-26(27(34)17-23)33(35)19-32(2,42)20-33/h5-9,12,15,17-18,21,24,42H,4,10-11,13-14,16,19-20,35H2,1-3H3,(H,36,37,40)/t21?,24?,32-,33-. The molecule has 4 N–H and O–H groups in total. The second-order valence-electron chi connectivity index (χ2n) is 12.3. The molecule has 2 fully saturated rings. The Bertz CT molecular complexity index is 1450. The monoisotopic (exact) mass is 573 g/mol. The van der Waals surface area contributed by atoms with Gasteiger partial charge < -0.3 is 21.1 Å². The van der Waals surface area contributed by atoms with Crippen molar-refractivity contribution in [2.24, 2.45) is 11.7 Å². The Morgan fingerprint density at radius 2 is 1.74 bits per heavy atom. The normalized spacial score (nSPS) is 25.4. The molecule has 0 bridgehead atoms. The number of nitrogens with one attached hydrogen (secondary N) is 1. The topological polar surface area (TPSA) is 121 Å². The molecule has 0 atom stereocenters. The van der Waals surface area contributed by atoms with Crippen molar-refractivity contribution in [3.63, 3.8) is 0 Å². The van der Waals surface area contributed by atoms with Gasteiger partial charge in [-0.3, -0.25) is 9.59 Å². The molecule has 222 valence electrons. The molecule has 0 unspecified atom stereocenters. The van der Waals surface area contributed by atoms with Crippen LogP contribution >= 0.6 is 0 Å². The average Bonchev–Trinajstić information content (AvgIpc) is 2.96. The molecule has 0 aliphatic heterocycles. The third-order valence-electron chi connectivity index (χ3n) is 8.85. The van der Waals surface area contributed by atoms with Crippen LogP contribution < -0.4 is 11.1 Å². The number of aliphatic hydroxyl groups is 1. The number of nitrogens with two attached hydrogens (primary N) is 1. The fourth-order valence-corrected chi connectivity index (χ4v) is 6.71. The van der Waals surface area contributed by atoms with Gasteiger partial charge in [0.25, 0.3) is 0 Å². The molecule has 9 heteroatoms. The molecular formula is C33H40FN5O3. The van der Waals surface area contributed by atoms with E-state index < -0.39 is 17.0 Å². The lowest BCUT2D eigenvalue weighted by Gasteiger charge is -2.49. The van der Waals surface area contributed by atoms with Gasteiger partial charge in [-0.1, -0.05) is 49.4 Å². The van der Waals surface area contributed by atoms with E-state index in [2.05, 4.69) is 15.5 Å². The van der Waals surface area contributed by atoms with E-state index in [-0.39, 0.29) is 36.6 Å². The van der Waals surface area contributed by atoms with E-state index in [0.29, 0.717) is 41.0 Å². The quantitative estimate of drug-likeness (QED) is 0.332. The summed E-state index contributed by atoms with van der Waals surface area (Å²) in [4.78, 5) is 26.9. The van der Waals surface area contributed by atoms with Crippen molar-refractivity contribution in [3.05, 3.63) is 66.0 Å². The SMILES string of the molecule is CCC(=O)N(C)C1CCC(CC(=O)Nc2cc(-c3ccccc3)c(-c3ccc([C@]4(N)C[C@](C)(O)C4)c(F)c3)nn2)CC1. The largest absolute Gasteiger partial charge is 0.390 e. The maximum Gasteiger partial charge on any atom is 0.225 e. The number of carbonyl (C=O) groups excluding carboxylic acids is 2. The molecule has 0 spiro atoms. The van der Waals surface area contributed by atoms with Gasteiger partial charge >= 0.3 is 0 Å². The van der Waals surface area contributed by atoms with Gasteiger partial charge in [-0.05, 0) is 69.1 Å². The predicted octanol–water partition coefficient (Wildman–Crippen LogP) is 5.40. The summed E-state index contributed by atoms with van der Waals surface area (Å²) in [6, 6.07) is 16.4. The van der Waals surface area contributed by atoms with Crippen LogP contribution in [0.3, 0.4) is 0 Å². The van der Waals surface area contributed by atoms with Crippen LogP contribution in [0.15, 0.2) is 54.6 Å². The Kier molecular flexibility index (Phi) is 8.44. The minimum absolute atomic E-state index is 0.127. The highest BCUT2D eigenvalue weighted by Crippen LogP contribution is 2.47. The lowest BCUT2D eigenvalue weighted by Crippen LogP contribution is -2.58. The Labute approximate surface area is 246 Å². The van der Waals surface area contributed by atoms with E-state index in [0.717, 1.165) is 31.2 Å². The number of hydrogen-bond acceptors (Lipinski definition) is 6. The van der Waals surface area contributed by atoms with Gasteiger partial charge in [-0.15, -0.1) is 10.2 Å². The van der Waals surface area contributed by atoms with Crippen molar-refractivity contribution in [3.8, 4) is 22.4 Å². The zero-order chi connectivity index (χ0) is 30.1. The maximum atomic E-state index is 15.4. The highest BCUT2D eigenvalue weighted by Gasteiger charge is 2.50. The first kappa shape index (κ1) is 29.8. The Morgan fingerprint density at radius 3 is 2.36 bits per heavy atom. The Balaban J connectivity index is 1.31. The van der Waals surface area contributed by atoms with E-state index >= 15 is 4.39 Å². The lowest BCUT2D eigenvalue weighted by molar-refractivity contribution is -0.132. The summed E-state index contributed by atoms with van der Waals surface area (Å²) in [5, 5.41) is 21.8. The van der Waals surface area contributed by atoms with Gasteiger partial charge in [0.1, 0.15) is 11.5 Å². The van der Waals surface area contributed by atoms with Crippen LogP contribution in [0.4, 0.5) is 10.2 Å². The van der Waals surface area contributed by atoms with Gasteiger partial charge in [0, 0.05) is 48.2 Å². The first-order valence-electron chi connectivity index (χ1n) is 14.8. The number of hydrogen-bond donors (Lipinski definition) is 3. The van der Waals surface area contributed by atoms with E-state index in [1.807, 2.05) is 49.2 Å². The molecule has 3 aromatic rings. The van der Waals surface area contributed by atoms with Gasteiger partial charge in [0.15, 0.2) is 5.82 Å². The number of amides is 2. The first-order chi connectivity index (χ1) is 20.0. The minimum Gasteiger partial charge on any atom is -0.390 e. The van der Waals surface area contributed by atoms with Crippen LogP contribution in [-0.2, 0) is 15.1 Å². The third kappa shape index (κ3) is 6.37. The molecule has 2 aromatic carbocycles. The maximum absolute atomic E-state index is 15.4. The fourth-order valence-electron chi connectivity index (χ4n) is 6.71. The summed E-state index contributed by atoms with van der Waals surface area (Å²) >= 11 is 0. The molecular weight excluding hydrogens is 533 g/mol. The van der Waals surface area contributed by atoms with E-state index in [1.165, 1.54) is 6.07 Å². The van der Waals surface area contributed by atoms with Crippen LogP contribution in [0, 0.1) is 11.7 Å². The summed E-state index contributed by atoms with van der Waals surface area (Å²) in [5.41, 5.74) is 7.57. The van der Waals surface area contributed by atoms with Crippen LogP contribution in [0.2, 0.25) is 0 Å². The number of halogens is 1. The van der Waals surface area contributed by atoms with Gasteiger partial charge in [-0.25, -0.2) is 4.39 Å². The molecule has 8 nitrogen and oxygen atoms in total. The van der Waals surface area contributed by atoms with Crippen LogP contribution in [0.25, 0.3) is 22.4 Å². The average molecular weight is 574 g/mol. The molecule has 1 heterocycles. The molecule has 0 saturated heterocycles. The van der Waals surface area contributed by atoms with Gasteiger partial charge in [0.05, 0.1) is 5.60 Å². The second-order valence-corrected chi connectivity index (χ2v) is 12.3. The van der Waals surface area contributed by atoms with Gasteiger partial charge in [-0.2, -0.15) is 0 Å². The molecule has 2 amide bonds. The third-order valence-corrected chi connectivity index (χ3v) is 8.85. The van der Waals surface area contributed by atoms with Crippen molar-refractivity contribution in [1.29, 1.82) is 0 Å². The summed E-state index contributed by atoms with van der Waals surface area (Å²) in [7, 11) is 1.87. The zero-order valence-corrected chi connectivity index (χ0v) is 24.6. The zero-order valence-electron chi connectivity index (χ0n) is 24.6. The van der Waals surface area contributed by atoms with Crippen molar-refractivity contribution in [2.45, 2.75) is 82.4 Å². The summed E-state index contributed by atoms with van der Waals surface area (Å²) in [5.74, 6) is 0.154. The molecule has 5 rings (SSSR count). The highest BCUT2D eigenvalue weighted by atomic mass is 19.1. The molecule has 2 aliphatic rings. The first-order valence-corrected chi connectivity index (χ1v) is 14.8. The minimum atomic E-state index is -0.906. The smallest absolute Gasteiger partial charge is 0.225 e. The number of carbonyl (C=O) groups is 2. The van der Waals surface area contributed by atoms with Crippen LogP contribution in [-0.4, -0.2) is 50.7 Å². The van der Waals surface area contributed by atoms with Crippen LogP contribution in [0.1, 0.15) is 70.8 Å². The molecule has 2 aliphatic carbocycles. The highest BCUT2D eigenvalue weighted by molar-refractivity contribution is 5.91. The van der Waals surface area contributed by atoms with Crippen molar-refractivity contribution < 1.29 is 19.1 Å². The van der Waals surface area contributed by atoms with E-state index in [1.54, 1.807) is 25.1 Å². The number of nitrogens with zero attached hydrogens (tertiary/aromatic N) is 3. The fraction of sp³-hybridized carbons (Fsp3) is 0.455. The summed E-state index contributed by atoms with van der Waals surface area (Å²) in [6.45, 7) is 3.58. The summed E-state index contributed by atoms with van der Waals surface area (Å²) < 4.78 is 15.4. The predicted molar refractivity (Wildman–Crippen MR) is 161 cm³/mol. The van der Waals surface area contributed by atoms with Crippen molar-refractivity contribution >= 4 is 17.6 Å². The molecule has 0 radical (unpaired) electrons. The van der Waals surface area contributed by atoms with Crippen molar-refractivity contribution in [2.75, 3.05) is 12.4 Å². The molecule has 1 aromatic heterocycles.